The molecule has 3 amide bonds. The number of carbonyl (C=O) groups is 3. The number of fused-ring (bicyclic) bond motifs is 1. The van der Waals surface area contributed by atoms with E-state index in [1.54, 1.807) is 24.3 Å². The largest absolute Gasteiger partial charge is 0.493 e. The van der Waals surface area contributed by atoms with Crippen LogP contribution >= 0.6 is 11.3 Å². The van der Waals surface area contributed by atoms with Gasteiger partial charge < -0.3 is 24.4 Å². The first-order chi connectivity index (χ1) is 25.0. The average Bonchev–Trinajstić information content (AvgIpc) is 3.73. The molecule has 0 spiro atoms. The van der Waals surface area contributed by atoms with Crippen molar-refractivity contribution in [2.45, 2.75) is 36.1 Å². The number of hydrogen-bond donors (Lipinski definition) is 1. The van der Waals surface area contributed by atoms with Crippen molar-refractivity contribution in [3.63, 3.8) is 0 Å². The molecule has 0 unspecified atom stereocenters. The Balaban J connectivity index is 1.18. The van der Waals surface area contributed by atoms with Crippen LogP contribution < -0.4 is 24.4 Å². The summed E-state index contributed by atoms with van der Waals surface area (Å²) in [7, 11) is -0.365. The summed E-state index contributed by atoms with van der Waals surface area (Å²) in [6, 6.07) is 23.5. The van der Waals surface area contributed by atoms with E-state index in [2.05, 4.69) is 46.3 Å². The minimum atomic E-state index is -3.42. The Kier molecular flexibility index (Phi) is 11.2. The summed E-state index contributed by atoms with van der Waals surface area (Å²) in [5.41, 5.74) is 3.43. The highest BCUT2D eigenvalue weighted by atomic mass is 32.2. The number of hydrogen-bond acceptors (Lipinski definition) is 11. The van der Waals surface area contributed by atoms with E-state index in [9.17, 15) is 22.8 Å². The molecule has 1 aromatic heterocycles. The van der Waals surface area contributed by atoms with Gasteiger partial charge in [0.2, 0.25) is 0 Å². The Morgan fingerprint density at radius 1 is 0.865 bits per heavy atom. The van der Waals surface area contributed by atoms with Crippen LogP contribution in [0, 0.1) is 0 Å². The lowest BCUT2D eigenvalue weighted by Gasteiger charge is -2.39. The van der Waals surface area contributed by atoms with Crippen molar-refractivity contribution in [3.05, 3.63) is 101 Å². The van der Waals surface area contributed by atoms with E-state index >= 15 is 0 Å². The van der Waals surface area contributed by atoms with Gasteiger partial charge in [-0.05, 0) is 67.3 Å². The van der Waals surface area contributed by atoms with Crippen molar-refractivity contribution in [1.29, 1.82) is 0 Å². The van der Waals surface area contributed by atoms with Crippen LogP contribution in [0.5, 0.6) is 16.6 Å². The standard InChI is InChI=1S/C38H42N4O8S2/c1-25(26-10-6-5-7-11-26)40-20-22-41(23-21-40)30-13-8-12-28-35(30)37(44)42(36(28)43)29(27-15-16-31(48-2)32(24-27)49-3)14-9-19-39-38(45)50-33-17-18-34(51-33)52(4,46)47/h5-8,10-13,15-18,24-25,29H,9,14,19-23H2,1-4H3,(H,39,45)/t25-,29-/m1/s1. The molecule has 12 nitrogen and oxygen atoms in total. The number of nitrogens with one attached hydrogen (secondary N) is 1. The highest BCUT2D eigenvalue weighted by Crippen LogP contribution is 2.41. The highest BCUT2D eigenvalue weighted by Gasteiger charge is 2.43. The number of piperazine rings is 1. The first-order valence-electron chi connectivity index (χ1n) is 17.0. The van der Waals surface area contributed by atoms with E-state index in [1.807, 2.05) is 18.2 Å². The zero-order valence-corrected chi connectivity index (χ0v) is 31.2. The van der Waals surface area contributed by atoms with E-state index in [0.717, 1.165) is 36.4 Å². The zero-order chi connectivity index (χ0) is 37.0. The molecule has 14 heteroatoms. The molecule has 52 heavy (non-hydrogen) atoms. The van der Waals surface area contributed by atoms with Crippen LogP contribution in [-0.2, 0) is 9.84 Å². The summed E-state index contributed by atoms with van der Waals surface area (Å²) in [6.45, 7) is 5.40. The Morgan fingerprint density at radius 3 is 2.27 bits per heavy atom. The maximum Gasteiger partial charge on any atom is 0.413 e. The molecule has 2 atom stereocenters. The second-order valence-corrected chi connectivity index (χ2v) is 16.0. The minimum absolute atomic E-state index is 0.0945. The molecule has 0 aliphatic carbocycles. The smallest absolute Gasteiger partial charge is 0.413 e. The fourth-order valence-electron chi connectivity index (χ4n) is 6.80. The molecule has 0 bridgehead atoms. The number of methoxy groups -OCH3 is 2. The number of carbonyl (C=O) groups excluding carboxylic acids is 3. The van der Waals surface area contributed by atoms with E-state index in [1.165, 1.54) is 36.8 Å². The van der Waals surface area contributed by atoms with Crippen molar-refractivity contribution in [3.8, 4) is 16.6 Å². The van der Waals surface area contributed by atoms with E-state index in [0.29, 0.717) is 54.1 Å². The third-order valence-electron chi connectivity index (χ3n) is 9.55. The van der Waals surface area contributed by atoms with Gasteiger partial charge in [0.05, 0.1) is 37.1 Å². The molecular formula is C38H42N4O8S2. The molecular weight excluding hydrogens is 705 g/mol. The maximum absolute atomic E-state index is 14.4. The fraction of sp³-hybridized carbons (Fsp3) is 0.342. The van der Waals surface area contributed by atoms with Gasteiger partial charge in [-0.2, -0.15) is 0 Å². The van der Waals surface area contributed by atoms with Crippen LogP contribution in [0.15, 0.2) is 83.1 Å². The molecule has 0 saturated carbocycles. The van der Waals surface area contributed by atoms with Gasteiger partial charge in [0, 0.05) is 45.0 Å². The number of amides is 3. The van der Waals surface area contributed by atoms with Crippen molar-refractivity contribution in [2.24, 2.45) is 0 Å². The van der Waals surface area contributed by atoms with Gasteiger partial charge in [-0.25, -0.2) is 13.2 Å². The number of sulfone groups is 1. The van der Waals surface area contributed by atoms with Gasteiger partial charge in [-0.3, -0.25) is 19.4 Å². The minimum Gasteiger partial charge on any atom is -0.493 e. The summed E-state index contributed by atoms with van der Waals surface area (Å²) in [4.78, 5) is 47.0. The third kappa shape index (κ3) is 7.78. The van der Waals surface area contributed by atoms with Crippen molar-refractivity contribution >= 4 is 44.8 Å². The van der Waals surface area contributed by atoms with Crippen molar-refractivity contribution in [1.82, 2.24) is 15.1 Å². The topological polar surface area (TPSA) is 135 Å². The maximum atomic E-state index is 14.4. The van der Waals surface area contributed by atoms with Gasteiger partial charge in [0.25, 0.3) is 11.8 Å². The number of nitrogens with zero attached hydrogens (tertiary/aromatic N) is 3. The summed E-state index contributed by atoms with van der Waals surface area (Å²) >= 11 is 0.858. The number of ether oxygens (including phenoxy) is 3. The number of anilines is 1. The van der Waals surface area contributed by atoms with Gasteiger partial charge in [-0.15, -0.1) is 0 Å². The van der Waals surface area contributed by atoms with Gasteiger partial charge in [0.1, 0.15) is 4.21 Å². The monoisotopic (exact) mass is 746 g/mol. The average molecular weight is 747 g/mol. The zero-order valence-electron chi connectivity index (χ0n) is 29.5. The molecule has 274 valence electrons. The fourth-order valence-corrected chi connectivity index (χ4v) is 8.56. The van der Waals surface area contributed by atoms with Gasteiger partial charge in [0.15, 0.2) is 26.4 Å². The van der Waals surface area contributed by atoms with Crippen LogP contribution in [0.4, 0.5) is 10.5 Å². The second-order valence-electron chi connectivity index (χ2n) is 12.7. The summed E-state index contributed by atoms with van der Waals surface area (Å²) in [5.74, 6) is 0.204. The normalized spacial score (nSPS) is 16.0. The first-order valence-corrected chi connectivity index (χ1v) is 19.7. The number of rotatable bonds is 13. The Morgan fingerprint density at radius 2 is 1.60 bits per heavy atom. The molecule has 2 aliphatic heterocycles. The van der Waals surface area contributed by atoms with Crippen LogP contribution in [0.25, 0.3) is 0 Å². The first kappa shape index (κ1) is 36.9. The quantitative estimate of drug-likeness (QED) is 0.129. The van der Waals surface area contributed by atoms with E-state index < -0.39 is 22.0 Å². The lowest BCUT2D eigenvalue weighted by Crippen LogP contribution is -2.47. The van der Waals surface area contributed by atoms with Crippen molar-refractivity contribution < 1.29 is 37.0 Å². The number of imide groups is 1. The second kappa shape index (κ2) is 15.8. The molecule has 6 rings (SSSR count). The van der Waals surface area contributed by atoms with Crippen molar-refractivity contribution in [2.75, 3.05) is 58.1 Å². The third-order valence-corrected chi connectivity index (χ3v) is 12.3. The molecule has 1 fully saturated rings. The van der Waals surface area contributed by atoms with E-state index in [-0.39, 0.29) is 33.7 Å². The predicted molar refractivity (Wildman–Crippen MR) is 199 cm³/mol. The van der Waals surface area contributed by atoms with Crippen LogP contribution in [0.2, 0.25) is 0 Å². The lowest BCUT2D eigenvalue weighted by atomic mass is 9.99. The van der Waals surface area contributed by atoms with Crippen LogP contribution in [-0.4, -0.2) is 89.3 Å². The number of benzene rings is 3. The van der Waals surface area contributed by atoms with Crippen LogP contribution in [0.3, 0.4) is 0 Å². The lowest BCUT2D eigenvalue weighted by molar-refractivity contribution is 0.0571. The predicted octanol–water partition coefficient (Wildman–Crippen LogP) is 5.96. The Labute approximate surface area is 307 Å². The Bertz CT molecular complexity index is 2040. The molecule has 2 aliphatic rings. The van der Waals surface area contributed by atoms with E-state index in [4.69, 9.17) is 14.2 Å². The molecule has 0 radical (unpaired) electrons. The summed E-state index contributed by atoms with van der Waals surface area (Å²) in [5, 5.41) is 2.83. The summed E-state index contributed by atoms with van der Waals surface area (Å²) < 4.78 is 39.9. The molecule has 1 saturated heterocycles. The highest BCUT2D eigenvalue weighted by molar-refractivity contribution is 7.92. The van der Waals surface area contributed by atoms with Gasteiger partial charge >= 0.3 is 6.09 Å². The number of thiophene rings is 1. The molecule has 3 heterocycles. The molecule has 4 aromatic rings. The molecule has 1 N–H and O–H groups in total. The van der Waals surface area contributed by atoms with Gasteiger partial charge in [-0.1, -0.05) is 53.8 Å². The molecule has 3 aromatic carbocycles. The summed E-state index contributed by atoms with van der Waals surface area (Å²) in [6.07, 6.45) is 1.05. The van der Waals surface area contributed by atoms with Crippen LogP contribution in [0.1, 0.15) is 63.7 Å². The Hall–Kier alpha value is -4.92. The SMILES string of the molecule is COc1ccc([C@@H](CCCNC(=O)Oc2ccc(S(C)(=O)=O)s2)N2C(=O)c3cccc(N4CCN([C@H](C)c5ccccc5)CC4)c3C2=O)cc1OC.